The number of nitrogens with one attached hydrogen (secondary N) is 1. The van der Waals surface area contributed by atoms with Gasteiger partial charge in [-0.05, 0) is 38.7 Å². The number of aliphatic carboxylic acids is 1. The van der Waals surface area contributed by atoms with E-state index in [-0.39, 0.29) is 31.1 Å². The van der Waals surface area contributed by atoms with Gasteiger partial charge in [0.05, 0.1) is 18.8 Å². The van der Waals surface area contributed by atoms with Gasteiger partial charge >= 0.3 is 11.9 Å². The summed E-state index contributed by atoms with van der Waals surface area (Å²) >= 11 is 0. The fourth-order valence-corrected chi connectivity index (χ4v) is 4.39. The molecule has 4 unspecified atom stereocenters. The minimum absolute atomic E-state index is 0.183. The molecule has 30 heavy (non-hydrogen) atoms. The number of benzene rings is 1. The smallest absolute Gasteiger partial charge is 0.326 e. The number of likely N-dealkylation sites (tertiary alicyclic amines) is 1. The zero-order valence-corrected chi connectivity index (χ0v) is 17.5. The second kappa shape index (κ2) is 10.0. The van der Waals surface area contributed by atoms with Crippen molar-refractivity contribution in [1.29, 1.82) is 0 Å². The maximum absolute atomic E-state index is 13.1. The van der Waals surface area contributed by atoms with Crippen LogP contribution in [0, 0.1) is 5.92 Å². The first kappa shape index (κ1) is 22.2. The Morgan fingerprint density at radius 3 is 2.70 bits per heavy atom. The third kappa shape index (κ3) is 4.99. The van der Waals surface area contributed by atoms with Crippen LogP contribution in [0.15, 0.2) is 30.3 Å². The second-order valence-corrected chi connectivity index (χ2v) is 7.85. The average Bonchev–Trinajstić information content (AvgIpc) is 3.32. The highest BCUT2D eigenvalue weighted by molar-refractivity contribution is 5.88. The van der Waals surface area contributed by atoms with E-state index in [4.69, 9.17) is 9.47 Å². The summed E-state index contributed by atoms with van der Waals surface area (Å²) < 4.78 is 10.8. The number of fused-ring (bicyclic) bond motifs is 1. The highest BCUT2D eigenvalue weighted by atomic mass is 16.5. The predicted octanol–water partition coefficient (Wildman–Crippen LogP) is 1.23. The Hall–Kier alpha value is -2.45. The van der Waals surface area contributed by atoms with Crippen LogP contribution in [0.4, 0.5) is 0 Å². The summed E-state index contributed by atoms with van der Waals surface area (Å²) in [6.45, 7) is 4.44. The molecule has 0 radical (unpaired) electrons. The molecule has 2 aliphatic heterocycles. The Morgan fingerprint density at radius 1 is 1.30 bits per heavy atom. The first-order valence-electron chi connectivity index (χ1n) is 10.5. The number of carbonyl (C=O) groups is 3. The summed E-state index contributed by atoms with van der Waals surface area (Å²) in [4.78, 5) is 38.7. The van der Waals surface area contributed by atoms with Crippen LogP contribution in [-0.2, 0) is 30.3 Å². The fraction of sp³-hybridized carbons (Fsp3) is 0.591. The zero-order chi connectivity index (χ0) is 21.7. The van der Waals surface area contributed by atoms with Gasteiger partial charge < -0.3 is 19.5 Å². The lowest BCUT2D eigenvalue weighted by atomic mass is 9.97. The van der Waals surface area contributed by atoms with Crippen LogP contribution < -0.4 is 5.32 Å². The summed E-state index contributed by atoms with van der Waals surface area (Å²) in [7, 11) is 0. The lowest BCUT2D eigenvalue weighted by Crippen LogP contribution is -2.54. The highest BCUT2D eigenvalue weighted by Crippen LogP contribution is 2.35. The van der Waals surface area contributed by atoms with Gasteiger partial charge in [-0.25, -0.2) is 4.79 Å². The molecule has 164 valence electrons. The number of carbonyl (C=O) groups excluding carboxylic acids is 2. The van der Waals surface area contributed by atoms with E-state index in [0.29, 0.717) is 25.9 Å². The van der Waals surface area contributed by atoms with E-state index in [1.54, 1.807) is 13.8 Å². The van der Waals surface area contributed by atoms with E-state index in [1.807, 2.05) is 30.3 Å². The molecular weight excluding hydrogens is 388 g/mol. The normalized spacial score (nSPS) is 24.9. The first-order chi connectivity index (χ1) is 14.4. The maximum Gasteiger partial charge on any atom is 0.326 e. The van der Waals surface area contributed by atoms with Crippen molar-refractivity contribution in [2.75, 3.05) is 19.8 Å². The number of carboxylic acids is 1. The molecular formula is C22H30N2O6. The molecule has 2 aliphatic rings. The lowest BCUT2D eigenvalue weighted by Gasteiger charge is -2.29. The Bertz CT molecular complexity index is 755. The molecule has 1 aromatic rings. The summed E-state index contributed by atoms with van der Waals surface area (Å²) in [6, 6.07) is 7.49. The Morgan fingerprint density at radius 2 is 2.03 bits per heavy atom. The molecule has 0 bridgehead atoms. The number of aryl methyl sites for hydroxylation is 1. The van der Waals surface area contributed by atoms with E-state index < -0.39 is 30.1 Å². The monoisotopic (exact) mass is 418 g/mol. The first-order valence-corrected chi connectivity index (χ1v) is 10.5. The number of hydrogen-bond donors (Lipinski definition) is 2. The van der Waals surface area contributed by atoms with Gasteiger partial charge in [0.2, 0.25) is 5.91 Å². The van der Waals surface area contributed by atoms with Crippen molar-refractivity contribution in [3.8, 4) is 0 Å². The van der Waals surface area contributed by atoms with E-state index >= 15 is 0 Å². The highest BCUT2D eigenvalue weighted by Gasteiger charge is 2.51. The van der Waals surface area contributed by atoms with Gasteiger partial charge in [0.1, 0.15) is 12.1 Å². The summed E-state index contributed by atoms with van der Waals surface area (Å²) in [5.74, 6) is -1.95. The third-order valence-corrected chi connectivity index (χ3v) is 5.87. The molecule has 0 aromatic heterocycles. The predicted molar refractivity (Wildman–Crippen MR) is 109 cm³/mol. The van der Waals surface area contributed by atoms with Crippen LogP contribution in [0.5, 0.6) is 0 Å². The number of ether oxygens (including phenoxy) is 2. The second-order valence-electron chi connectivity index (χ2n) is 7.85. The SMILES string of the molecule is CCOC(=O)C(CCc1ccccc1)N[C@@H](C)C(=O)N1CC2OCCC2C1C(=O)O. The van der Waals surface area contributed by atoms with E-state index in [0.717, 1.165) is 5.56 Å². The van der Waals surface area contributed by atoms with Crippen molar-refractivity contribution in [3.05, 3.63) is 35.9 Å². The third-order valence-electron chi connectivity index (χ3n) is 5.87. The van der Waals surface area contributed by atoms with E-state index in [1.165, 1.54) is 4.90 Å². The quantitative estimate of drug-likeness (QED) is 0.581. The zero-order valence-electron chi connectivity index (χ0n) is 17.5. The molecule has 8 nitrogen and oxygen atoms in total. The Kier molecular flexibility index (Phi) is 7.44. The number of esters is 1. The molecule has 8 heteroatoms. The number of rotatable bonds is 9. The molecule has 2 heterocycles. The molecule has 5 atom stereocenters. The standard InChI is InChI=1S/C22H30N2O6/c1-3-29-22(28)17(10-9-15-7-5-4-6-8-15)23-14(2)20(25)24-13-18-16(11-12-30-18)19(24)21(26)27/h4-8,14,16-19,23H,3,9-13H2,1-2H3,(H,26,27)/t14-,16?,17?,18?,19?/m0/s1. The Balaban J connectivity index is 1.66. The maximum atomic E-state index is 13.1. The van der Waals surface area contributed by atoms with Gasteiger partial charge in [-0.3, -0.25) is 14.9 Å². The Labute approximate surface area is 176 Å². The van der Waals surface area contributed by atoms with Crippen LogP contribution in [0.3, 0.4) is 0 Å². The number of carboxylic acid groups (broad SMARTS) is 1. The van der Waals surface area contributed by atoms with Gasteiger partial charge in [0, 0.05) is 19.1 Å². The molecule has 2 fully saturated rings. The van der Waals surface area contributed by atoms with Crippen molar-refractivity contribution >= 4 is 17.8 Å². The number of nitrogens with zero attached hydrogens (tertiary/aromatic N) is 1. The minimum Gasteiger partial charge on any atom is -0.480 e. The van der Waals surface area contributed by atoms with Crippen LogP contribution in [0.1, 0.15) is 32.3 Å². The van der Waals surface area contributed by atoms with Crippen molar-refractivity contribution in [2.45, 2.75) is 57.3 Å². The molecule has 2 N–H and O–H groups in total. The molecule has 0 spiro atoms. The van der Waals surface area contributed by atoms with Crippen LogP contribution in [-0.4, -0.2) is 71.8 Å². The largest absolute Gasteiger partial charge is 0.480 e. The summed E-state index contributed by atoms with van der Waals surface area (Å²) in [5, 5.41) is 12.7. The van der Waals surface area contributed by atoms with Gasteiger partial charge in [0.15, 0.2) is 0 Å². The van der Waals surface area contributed by atoms with Crippen molar-refractivity contribution in [1.82, 2.24) is 10.2 Å². The number of amides is 1. The fourth-order valence-electron chi connectivity index (χ4n) is 4.39. The van der Waals surface area contributed by atoms with Gasteiger partial charge in [-0.2, -0.15) is 0 Å². The average molecular weight is 418 g/mol. The van der Waals surface area contributed by atoms with E-state index in [9.17, 15) is 19.5 Å². The van der Waals surface area contributed by atoms with Gasteiger partial charge in [-0.15, -0.1) is 0 Å². The van der Waals surface area contributed by atoms with Gasteiger partial charge in [0.25, 0.3) is 0 Å². The lowest BCUT2D eigenvalue weighted by molar-refractivity contribution is -0.151. The van der Waals surface area contributed by atoms with Crippen LogP contribution in [0.25, 0.3) is 0 Å². The van der Waals surface area contributed by atoms with Crippen molar-refractivity contribution in [3.63, 3.8) is 0 Å². The number of hydrogen-bond acceptors (Lipinski definition) is 6. The minimum atomic E-state index is -1.01. The van der Waals surface area contributed by atoms with Crippen LogP contribution in [0.2, 0.25) is 0 Å². The van der Waals surface area contributed by atoms with Gasteiger partial charge in [-0.1, -0.05) is 30.3 Å². The molecule has 1 aromatic carbocycles. The van der Waals surface area contributed by atoms with Crippen molar-refractivity contribution < 1.29 is 29.0 Å². The molecule has 2 saturated heterocycles. The van der Waals surface area contributed by atoms with Crippen LogP contribution >= 0.6 is 0 Å². The van der Waals surface area contributed by atoms with Crippen molar-refractivity contribution in [2.24, 2.45) is 5.92 Å². The molecule has 3 rings (SSSR count). The molecule has 1 amide bonds. The summed E-state index contributed by atoms with van der Waals surface area (Å²) in [5.41, 5.74) is 1.09. The van der Waals surface area contributed by atoms with E-state index in [2.05, 4.69) is 5.32 Å². The topological polar surface area (TPSA) is 105 Å². The molecule has 0 saturated carbocycles. The summed E-state index contributed by atoms with van der Waals surface area (Å²) in [6.07, 6.45) is 1.52. The molecule has 0 aliphatic carbocycles.